The number of para-hydroxylation sites is 1. The van der Waals surface area contributed by atoms with Crippen molar-refractivity contribution in [2.45, 2.75) is 13.8 Å². The van der Waals surface area contributed by atoms with Crippen molar-refractivity contribution >= 4 is 21.8 Å². The Morgan fingerprint density at radius 2 is 1.22 bits per heavy atom. The average molecular weight is 347 g/mol. The molecule has 0 amide bonds. The van der Waals surface area contributed by atoms with Crippen molar-refractivity contribution in [3.05, 3.63) is 102 Å². The molecule has 0 spiro atoms. The van der Waals surface area contributed by atoms with Crippen LogP contribution < -0.4 is 0 Å². The summed E-state index contributed by atoms with van der Waals surface area (Å²) >= 11 is 0. The maximum absolute atomic E-state index is 2.38. The van der Waals surface area contributed by atoms with E-state index in [0.717, 1.165) is 0 Å². The largest absolute Gasteiger partial charge is 0.309 e. The third-order valence-electron chi connectivity index (χ3n) is 5.28. The molecule has 0 N–H and O–H groups in total. The van der Waals surface area contributed by atoms with E-state index >= 15 is 0 Å². The van der Waals surface area contributed by atoms with E-state index in [4.69, 9.17) is 0 Å². The molecule has 0 radical (unpaired) electrons. The molecular weight excluding hydrogens is 326 g/mol. The summed E-state index contributed by atoms with van der Waals surface area (Å²) in [7, 11) is 0. The smallest absolute Gasteiger partial charge is 0.0541 e. The molecule has 0 saturated heterocycles. The number of aromatic nitrogens is 1. The number of hydrogen-bond acceptors (Lipinski definition) is 0. The molecule has 0 saturated carbocycles. The molecule has 0 bridgehead atoms. The zero-order valence-corrected chi connectivity index (χ0v) is 15.6. The van der Waals surface area contributed by atoms with Crippen LogP contribution in [0.2, 0.25) is 0 Å². The minimum atomic E-state index is 1.20. The fourth-order valence-corrected chi connectivity index (χ4v) is 4.01. The molecule has 27 heavy (non-hydrogen) atoms. The first-order valence-electron chi connectivity index (χ1n) is 9.38. The van der Waals surface area contributed by atoms with E-state index < -0.39 is 0 Å². The van der Waals surface area contributed by atoms with Gasteiger partial charge in [0.1, 0.15) is 0 Å². The first kappa shape index (κ1) is 15.9. The van der Waals surface area contributed by atoms with Crippen LogP contribution in [0.1, 0.15) is 11.1 Å². The second-order valence-corrected chi connectivity index (χ2v) is 7.29. The van der Waals surface area contributed by atoms with Crippen LogP contribution in [0.15, 0.2) is 91.0 Å². The Balaban J connectivity index is 1.80. The van der Waals surface area contributed by atoms with Gasteiger partial charge in [-0.15, -0.1) is 0 Å². The molecule has 1 aromatic heterocycles. The van der Waals surface area contributed by atoms with Gasteiger partial charge in [0.2, 0.25) is 0 Å². The second kappa shape index (κ2) is 6.14. The Hall–Kier alpha value is -3.32. The van der Waals surface area contributed by atoms with Crippen molar-refractivity contribution in [2.75, 3.05) is 0 Å². The molecule has 130 valence electrons. The Labute approximate surface area is 159 Å². The Bertz CT molecular complexity index is 1290. The maximum atomic E-state index is 2.38. The van der Waals surface area contributed by atoms with Gasteiger partial charge in [-0.3, -0.25) is 0 Å². The summed E-state index contributed by atoms with van der Waals surface area (Å²) in [6, 6.07) is 32.9. The Morgan fingerprint density at radius 3 is 2.07 bits per heavy atom. The van der Waals surface area contributed by atoms with Gasteiger partial charge in [-0.1, -0.05) is 71.8 Å². The number of rotatable bonds is 2. The van der Waals surface area contributed by atoms with Gasteiger partial charge in [-0.25, -0.2) is 0 Å². The minimum Gasteiger partial charge on any atom is -0.309 e. The molecule has 4 aromatic carbocycles. The SMILES string of the molecule is Cc1cccc(-c2cccc(-n3c4ccccc4c4cc(C)ccc43)c2)c1. The summed E-state index contributed by atoms with van der Waals surface area (Å²) < 4.78 is 2.38. The average Bonchev–Trinajstić information content (AvgIpc) is 3.02. The van der Waals surface area contributed by atoms with Crippen molar-refractivity contribution in [1.82, 2.24) is 4.57 Å². The predicted molar refractivity (Wildman–Crippen MR) is 116 cm³/mol. The lowest BCUT2D eigenvalue weighted by atomic mass is 10.0. The van der Waals surface area contributed by atoms with Gasteiger partial charge in [-0.2, -0.15) is 0 Å². The van der Waals surface area contributed by atoms with Crippen molar-refractivity contribution in [1.29, 1.82) is 0 Å². The third-order valence-corrected chi connectivity index (χ3v) is 5.28. The van der Waals surface area contributed by atoms with Gasteiger partial charge in [-0.05, 0) is 55.3 Å². The molecule has 0 unspecified atom stereocenters. The van der Waals surface area contributed by atoms with E-state index in [2.05, 4.69) is 109 Å². The summed E-state index contributed by atoms with van der Waals surface area (Å²) in [6.07, 6.45) is 0. The second-order valence-electron chi connectivity index (χ2n) is 7.29. The zero-order valence-electron chi connectivity index (χ0n) is 15.6. The lowest BCUT2D eigenvalue weighted by Gasteiger charge is -2.11. The fourth-order valence-electron chi connectivity index (χ4n) is 4.01. The summed E-state index contributed by atoms with van der Waals surface area (Å²) in [4.78, 5) is 0. The highest BCUT2D eigenvalue weighted by Gasteiger charge is 2.12. The van der Waals surface area contributed by atoms with Gasteiger partial charge in [0.15, 0.2) is 0 Å². The van der Waals surface area contributed by atoms with E-state index in [1.54, 1.807) is 0 Å². The molecule has 5 aromatic rings. The number of nitrogens with zero attached hydrogens (tertiary/aromatic N) is 1. The monoisotopic (exact) mass is 347 g/mol. The van der Waals surface area contributed by atoms with Gasteiger partial charge < -0.3 is 4.57 Å². The van der Waals surface area contributed by atoms with Gasteiger partial charge in [0.25, 0.3) is 0 Å². The standard InChI is InChI=1S/C26H21N/c1-18-7-5-8-20(15-18)21-9-6-10-22(17-21)27-25-12-4-3-11-23(25)24-16-19(2)13-14-26(24)27/h3-17H,1-2H3. The molecule has 0 aliphatic heterocycles. The van der Waals surface area contributed by atoms with E-state index in [9.17, 15) is 0 Å². The molecule has 0 aliphatic rings. The zero-order chi connectivity index (χ0) is 18.4. The lowest BCUT2D eigenvalue weighted by Crippen LogP contribution is -1.94. The maximum Gasteiger partial charge on any atom is 0.0541 e. The number of aryl methyl sites for hydroxylation is 2. The summed E-state index contributed by atoms with van der Waals surface area (Å²) in [6.45, 7) is 4.30. The molecule has 0 aliphatic carbocycles. The summed E-state index contributed by atoms with van der Waals surface area (Å²) in [5.74, 6) is 0. The fraction of sp³-hybridized carbons (Fsp3) is 0.0769. The van der Waals surface area contributed by atoms with E-state index in [1.807, 2.05) is 0 Å². The molecule has 1 heterocycles. The van der Waals surface area contributed by atoms with Crippen molar-refractivity contribution in [3.8, 4) is 16.8 Å². The molecule has 5 rings (SSSR count). The van der Waals surface area contributed by atoms with Crippen LogP contribution in [0.25, 0.3) is 38.6 Å². The van der Waals surface area contributed by atoms with Gasteiger partial charge in [0.05, 0.1) is 11.0 Å². The number of hydrogen-bond donors (Lipinski definition) is 0. The van der Waals surface area contributed by atoms with Crippen molar-refractivity contribution < 1.29 is 0 Å². The highest BCUT2D eigenvalue weighted by atomic mass is 15.0. The molecule has 0 fully saturated rings. The van der Waals surface area contributed by atoms with Crippen LogP contribution >= 0.6 is 0 Å². The van der Waals surface area contributed by atoms with Gasteiger partial charge in [0, 0.05) is 16.5 Å². The first-order chi connectivity index (χ1) is 13.2. The molecule has 1 nitrogen and oxygen atoms in total. The van der Waals surface area contributed by atoms with Crippen LogP contribution in [-0.4, -0.2) is 4.57 Å². The van der Waals surface area contributed by atoms with Crippen LogP contribution in [0.3, 0.4) is 0 Å². The molecular formula is C26H21N. The number of fused-ring (bicyclic) bond motifs is 3. The van der Waals surface area contributed by atoms with E-state index in [0.29, 0.717) is 0 Å². The van der Waals surface area contributed by atoms with E-state index in [1.165, 1.54) is 49.7 Å². The van der Waals surface area contributed by atoms with Crippen molar-refractivity contribution in [2.24, 2.45) is 0 Å². The van der Waals surface area contributed by atoms with Crippen LogP contribution in [0, 0.1) is 13.8 Å². The highest BCUT2D eigenvalue weighted by Crippen LogP contribution is 2.33. The van der Waals surface area contributed by atoms with Crippen molar-refractivity contribution in [3.63, 3.8) is 0 Å². The Kier molecular flexibility index (Phi) is 3.61. The van der Waals surface area contributed by atoms with Crippen LogP contribution in [0.5, 0.6) is 0 Å². The minimum absolute atomic E-state index is 1.20. The summed E-state index contributed by atoms with van der Waals surface area (Å²) in [5, 5.41) is 2.61. The first-order valence-corrected chi connectivity index (χ1v) is 9.38. The van der Waals surface area contributed by atoms with E-state index in [-0.39, 0.29) is 0 Å². The normalized spacial score (nSPS) is 11.3. The number of benzene rings is 4. The quantitative estimate of drug-likeness (QED) is 0.322. The molecule has 1 heteroatoms. The summed E-state index contributed by atoms with van der Waals surface area (Å²) in [5.41, 5.74) is 8.78. The topological polar surface area (TPSA) is 4.93 Å². The van der Waals surface area contributed by atoms with Crippen LogP contribution in [0.4, 0.5) is 0 Å². The predicted octanol–water partition coefficient (Wildman–Crippen LogP) is 7.07. The Morgan fingerprint density at radius 1 is 0.519 bits per heavy atom. The molecule has 0 atom stereocenters. The van der Waals surface area contributed by atoms with Gasteiger partial charge >= 0.3 is 0 Å². The highest BCUT2D eigenvalue weighted by molar-refractivity contribution is 6.09. The van der Waals surface area contributed by atoms with Crippen LogP contribution in [-0.2, 0) is 0 Å². The lowest BCUT2D eigenvalue weighted by molar-refractivity contribution is 1.18. The third kappa shape index (κ3) is 2.63.